The highest BCUT2D eigenvalue weighted by Gasteiger charge is 2.27. The van der Waals surface area contributed by atoms with Crippen LogP contribution in [0.25, 0.3) is 0 Å². The van der Waals surface area contributed by atoms with Gasteiger partial charge in [0.2, 0.25) is 0 Å². The Bertz CT molecular complexity index is 251. The predicted octanol–water partition coefficient (Wildman–Crippen LogP) is 6.34. The molecule has 2 aliphatic carbocycles. The summed E-state index contributed by atoms with van der Waals surface area (Å²) in [7, 11) is 0. The van der Waals surface area contributed by atoms with Crippen molar-refractivity contribution in [1.82, 2.24) is 0 Å². The monoisotopic (exact) mass is 376 g/mol. The third-order valence-corrected chi connectivity index (χ3v) is 11.6. The topological polar surface area (TPSA) is 0 Å². The van der Waals surface area contributed by atoms with Crippen LogP contribution in [0.5, 0.6) is 0 Å². The van der Waals surface area contributed by atoms with E-state index in [0.29, 0.717) is 0 Å². The van der Waals surface area contributed by atoms with Crippen LogP contribution in [0, 0.1) is 0 Å². The molecule has 128 valence electrons. The summed E-state index contributed by atoms with van der Waals surface area (Å²) >= 11 is 9.29. The fourth-order valence-corrected chi connectivity index (χ4v) is 10.4. The summed E-state index contributed by atoms with van der Waals surface area (Å²) in [5.41, 5.74) is 0. The van der Waals surface area contributed by atoms with Crippen molar-refractivity contribution in [3.8, 4) is 0 Å². The van der Waals surface area contributed by atoms with Gasteiger partial charge in [-0.25, -0.2) is 0 Å². The average molecular weight is 377 g/mol. The first-order chi connectivity index (χ1) is 10.9. The molecule has 0 aromatic heterocycles. The van der Waals surface area contributed by atoms with Crippen molar-refractivity contribution in [2.24, 2.45) is 0 Å². The Hall–Kier alpha value is 1.40. The normalized spacial score (nSPS) is 39.3. The molecule has 0 amide bonds. The Balaban J connectivity index is 1.50. The van der Waals surface area contributed by atoms with Gasteiger partial charge in [-0.05, 0) is 61.5 Å². The van der Waals surface area contributed by atoms with E-state index < -0.39 is 0 Å². The zero-order chi connectivity index (χ0) is 15.0. The quantitative estimate of drug-likeness (QED) is 0.484. The second-order valence-electron chi connectivity index (χ2n) is 6.91. The zero-order valence-corrected chi connectivity index (χ0v) is 17.1. The molecule has 0 spiro atoms. The molecule has 2 saturated carbocycles. The lowest BCUT2D eigenvalue weighted by atomic mass is 10.00. The van der Waals surface area contributed by atoms with Crippen LogP contribution in [0.4, 0.5) is 0 Å². The molecule has 1 saturated heterocycles. The van der Waals surface area contributed by atoms with Gasteiger partial charge in [0.15, 0.2) is 0 Å². The van der Waals surface area contributed by atoms with E-state index in [1.54, 1.807) is 0 Å². The maximum Gasteiger partial charge on any atom is 0.0166 e. The van der Waals surface area contributed by atoms with Crippen molar-refractivity contribution in [1.29, 1.82) is 0 Å². The van der Waals surface area contributed by atoms with Crippen LogP contribution in [0.15, 0.2) is 0 Å². The van der Waals surface area contributed by atoms with Crippen LogP contribution in [0.2, 0.25) is 0 Å². The minimum Gasteiger partial charge on any atom is -0.157 e. The van der Waals surface area contributed by atoms with Crippen molar-refractivity contribution in [2.45, 2.75) is 85.2 Å². The Morgan fingerprint density at radius 3 is 0.909 bits per heavy atom. The molecule has 3 aliphatic rings. The van der Waals surface area contributed by atoms with Gasteiger partial charge < -0.3 is 0 Å². The zero-order valence-electron chi connectivity index (χ0n) is 13.8. The highest BCUT2D eigenvalue weighted by Crippen LogP contribution is 2.40. The molecule has 0 aromatic carbocycles. The molecule has 1 aliphatic heterocycles. The number of fused-ring (bicyclic) bond motifs is 2. The van der Waals surface area contributed by atoms with E-state index in [-0.39, 0.29) is 0 Å². The summed E-state index contributed by atoms with van der Waals surface area (Å²) in [6.07, 6.45) is 14.8. The van der Waals surface area contributed by atoms with Gasteiger partial charge in [-0.1, -0.05) is 25.7 Å². The van der Waals surface area contributed by atoms with Crippen molar-refractivity contribution in [3.05, 3.63) is 0 Å². The number of hydrogen-bond acceptors (Lipinski definition) is 4. The molecule has 3 rings (SSSR count). The maximum atomic E-state index is 2.32. The van der Waals surface area contributed by atoms with Gasteiger partial charge in [-0.2, -0.15) is 47.0 Å². The first-order valence-electron chi connectivity index (χ1n) is 9.40. The van der Waals surface area contributed by atoms with Gasteiger partial charge in [0.1, 0.15) is 0 Å². The van der Waals surface area contributed by atoms with E-state index in [0.717, 1.165) is 21.0 Å². The van der Waals surface area contributed by atoms with Gasteiger partial charge in [-0.15, -0.1) is 0 Å². The molecule has 0 N–H and O–H groups in total. The van der Waals surface area contributed by atoms with Crippen molar-refractivity contribution < 1.29 is 0 Å². The first-order valence-corrected chi connectivity index (χ1v) is 13.6. The smallest absolute Gasteiger partial charge is 0.0166 e. The molecule has 1 heterocycles. The van der Waals surface area contributed by atoms with Crippen molar-refractivity contribution in [3.63, 3.8) is 0 Å². The van der Waals surface area contributed by atoms with Gasteiger partial charge in [0.25, 0.3) is 0 Å². The molecule has 0 aromatic rings. The van der Waals surface area contributed by atoms with Crippen LogP contribution in [0.3, 0.4) is 0 Å². The van der Waals surface area contributed by atoms with E-state index in [2.05, 4.69) is 47.0 Å². The number of rotatable bonds is 0. The van der Waals surface area contributed by atoms with E-state index >= 15 is 0 Å². The molecular formula is C18H32S4. The lowest BCUT2D eigenvalue weighted by Gasteiger charge is -2.32. The van der Waals surface area contributed by atoms with E-state index in [4.69, 9.17) is 0 Å². The second kappa shape index (κ2) is 10.4. The van der Waals surface area contributed by atoms with Gasteiger partial charge in [0.05, 0.1) is 0 Å². The van der Waals surface area contributed by atoms with Gasteiger partial charge in [0, 0.05) is 21.0 Å². The highest BCUT2D eigenvalue weighted by molar-refractivity contribution is 8.04. The minimum absolute atomic E-state index is 0.974. The van der Waals surface area contributed by atoms with Crippen LogP contribution in [0.1, 0.15) is 64.2 Å². The van der Waals surface area contributed by atoms with E-state index in [1.807, 2.05) is 0 Å². The highest BCUT2D eigenvalue weighted by atomic mass is 32.2. The van der Waals surface area contributed by atoms with Gasteiger partial charge >= 0.3 is 0 Å². The SMILES string of the molecule is C1CS[C@H]2CCCC[C@H]2SCCCS[C@@H]2CCCC[C@@H]2SC1. The Kier molecular flexibility index (Phi) is 8.61. The van der Waals surface area contributed by atoms with Crippen molar-refractivity contribution in [2.75, 3.05) is 23.0 Å². The third-order valence-electron chi connectivity index (χ3n) is 5.19. The van der Waals surface area contributed by atoms with Gasteiger partial charge in [-0.3, -0.25) is 0 Å². The predicted molar refractivity (Wildman–Crippen MR) is 111 cm³/mol. The summed E-state index contributed by atoms with van der Waals surface area (Å²) in [5.74, 6) is 5.66. The molecule has 0 radical (unpaired) electrons. The standard InChI is InChI=1S/C18H32S4/c1-2-8-16-15(7-1)19-11-5-13-21-17-9-3-4-10-18(17)22-14-6-12-20-16/h15-18H,1-14H2/t15-,16+,17-,18+. The van der Waals surface area contributed by atoms with E-state index in [9.17, 15) is 0 Å². The first kappa shape index (κ1) is 18.2. The molecule has 4 atom stereocenters. The summed E-state index contributed by atoms with van der Waals surface area (Å²) in [6.45, 7) is 0. The average Bonchev–Trinajstić information content (AvgIpc) is 2.56. The molecule has 0 bridgehead atoms. The molecule has 3 fully saturated rings. The second-order valence-corrected chi connectivity index (χ2v) is 12.3. The lowest BCUT2D eigenvalue weighted by molar-refractivity contribution is 0.526. The number of thioether (sulfide) groups is 4. The van der Waals surface area contributed by atoms with E-state index in [1.165, 1.54) is 87.2 Å². The van der Waals surface area contributed by atoms with Crippen LogP contribution < -0.4 is 0 Å². The largest absolute Gasteiger partial charge is 0.157 e. The maximum absolute atomic E-state index is 2.32. The Labute approximate surface area is 154 Å². The molecule has 22 heavy (non-hydrogen) atoms. The molecule has 0 unspecified atom stereocenters. The summed E-state index contributed by atoms with van der Waals surface area (Å²) < 4.78 is 0. The summed E-state index contributed by atoms with van der Waals surface area (Å²) in [5, 5.41) is 3.90. The van der Waals surface area contributed by atoms with Crippen molar-refractivity contribution >= 4 is 47.0 Å². The summed E-state index contributed by atoms with van der Waals surface area (Å²) in [6, 6.07) is 0. The third kappa shape index (κ3) is 5.74. The van der Waals surface area contributed by atoms with Crippen LogP contribution in [-0.4, -0.2) is 44.0 Å². The lowest BCUT2D eigenvalue weighted by Crippen LogP contribution is -2.27. The molecular weight excluding hydrogens is 344 g/mol. The Morgan fingerprint density at radius 2 is 0.636 bits per heavy atom. The Morgan fingerprint density at radius 1 is 0.364 bits per heavy atom. The van der Waals surface area contributed by atoms with Crippen LogP contribution >= 0.6 is 47.0 Å². The fraction of sp³-hybridized carbons (Fsp3) is 1.00. The number of hydrogen-bond donors (Lipinski definition) is 0. The fourth-order valence-electron chi connectivity index (χ4n) is 3.94. The minimum atomic E-state index is 0.974. The van der Waals surface area contributed by atoms with Crippen LogP contribution in [-0.2, 0) is 0 Å². The molecule has 0 nitrogen and oxygen atoms in total. The summed E-state index contributed by atoms with van der Waals surface area (Å²) in [4.78, 5) is 0. The molecule has 4 heteroatoms.